The lowest BCUT2D eigenvalue weighted by Gasteiger charge is -2.08. The summed E-state index contributed by atoms with van der Waals surface area (Å²) >= 11 is 0. The second kappa shape index (κ2) is 4.95. The average molecular weight is 173 g/mol. The highest BCUT2D eigenvalue weighted by molar-refractivity contribution is 5.79. The van der Waals surface area contributed by atoms with Gasteiger partial charge in [-0.15, -0.1) is 0 Å². The van der Waals surface area contributed by atoms with Gasteiger partial charge < -0.3 is 21.0 Å². The van der Waals surface area contributed by atoms with Gasteiger partial charge in [0.25, 0.3) is 0 Å². The van der Waals surface area contributed by atoms with Crippen molar-refractivity contribution in [3.63, 3.8) is 0 Å². The van der Waals surface area contributed by atoms with Crippen LogP contribution in [0.5, 0.6) is 0 Å². The summed E-state index contributed by atoms with van der Waals surface area (Å²) in [6, 6.07) is 0.441. The van der Waals surface area contributed by atoms with E-state index >= 15 is 0 Å². The normalized spacial score (nSPS) is 24.7. The highest BCUT2D eigenvalue weighted by atomic mass is 16.5. The van der Waals surface area contributed by atoms with Crippen LogP contribution in [0.25, 0.3) is 0 Å². The Labute approximate surface area is 71.6 Å². The van der Waals surface area contributed by atoms with Crippen molar-refractivity contribution in [1.82, 2.24) is 5.32 Å². The van der Waals surface area contributed by atoms with Crippen molar-refractivity contribution in [2.24, 2.45) is 10.9 Å². The molecule has 5 nitrogen and oxygen atoms in total. The van der Waals surface area contributed by atoms with E-state index in [-0.39, 0.29) is 5.84 Å². The number of hydrogen-bond acceptors (Lipinski definition) is 4. The molecule has 1 fully saturated rings. The van der Waals surface area contributed by atoms with Gasteiger partial charge in [0.05, 0.1) is 6.61 Å². The minimum atomic E-state index is 0.265. The van der Waals surface area contributed by atoms with E-state index < -0.39 is 0 Å². The van der Waals surface area contributed by atoms with Gasteiger partial charge in [-0.1, -0.05) is 5.16 Å². The molecule has 0 bridgehead atoms. The Balaban J connectivity index is 2.01. The van der Waals surface area contributed by atoms with Crippen LogP contribution in [0.4, 0.5) is 0 Å². The molecule has 0 aromatic heterocycles. The molecule has 1 unspecified atom stereocenters. The van der Waals surface area contributed by atoms with Gasteiger partial charge >= 0.3 is 0 Å². The fourth-order valence-electron chi connectivity index (χ4n) is 1.15. The molecule has 1 aliphatic rings. The van der Waals surface area contributed by atoms with Crippen molar-refractivity contribution in [2.75, 3.05) is 19.8 Å². The SMILES string of the molecule is NC(CCNC1CCOC1)=NO. The highest BCUT2D eigenvalue weighted by Gasteiger charge is 2.13. The molecule has 1 atom stereocenters. The van der Waals surface area contributed by atoms with Crippen LogP contribution in [0, 0.1) is 0 Å². The molecule has 4 N–H and O–H groups in total. The molecule has 5 heteroatoms. The molecule has 0 amide bonds. The van der Waals surface area contributed by atoms with Crippen molar-refractivity contribution in [2.45, 2.75) is 18.9 Å². The van der Waals surface area contributed by atoms with Crippen LogP contribution in [0.3, 0.4) is 0 Å². The maximum Gasteiger partial charge on any atom is 0.140 e. The number of nitrogens with one attached hydrogen (secondary N) is 1. The van der Waals surface area contributed by atoms with E-state index in [1.165, 1.54) is 0 Å². The van der Waals surface area contributed by atoms with Crippen LogP contribution < -0.4 is 11.1 Å². The Morgan fingerprint density at radius 1 is 1.75 bits per heavy atom. The zero-order valence-electron chi connectivity index (χ0n) is 6.99. The summed E-state index contributed by atoms with van der Waals surface area (Å²) in [5, 5.41) is 14.4. The van der Waals surface area contributed by atoms with Gasteiger partial charge in [-0.05, 0) is 6.42 Å². The third kappa shape index (κ3) is 3.06. The summed E-state index contributed by atoms with van der Waals surface area (Å²) in [7, 11) is 0. The lowest BCUT2D eigenvalue weighted by atomic mass is 10.2. The molecule has 12 heavy (non-hydrogen) atoms. The van der Waals surface area contributed by atoms with Crippen molar-refractivity contribution in [1.29, 1.82) is 0 Å². The molecule has 0 spiro atoms. The molecule has 1 heterocycles. The topological polar surface area (TPSA) is 79.9 Å². The van der Waals surface area contributed by atoms with Crippen molar-refractivity contribution >= 4 is 5.84 Å². The Bertz CT molecular complexity index is 155. The van der Waals surface area contributed by atoms with Crippen molar-refractivity contribution in [3.8, 4) is 0 Å². The molecule has 70 valence electrons. The number of hydrogen-bond donors (Lipinski definition) is 3. The number of amidine groups is 1. The van der Waals surface area contributed by atoms with E-state index in [1.54, 1.807) is 0 Å². The van der Waals surface area contributed by atoms with Gasteiger partial charge in [0.15, 0.2) is 0 Å². The Morgan fingerprint density at radius 3 is 3.17 bits per heavy atom. The van der Waals surface area contributed by atoms with Gasteiger partial charge in [0.2, 0.25) is 0 Å². The largest absolute Gasteiger partial charge is 0.409 e. The monoisotopic (exact) mass is 173 g/mol. The second-order valence-electron chi connectivity index (χ2n) is 2.86. The predicted octanol–water partition coefficient (Wildman–Crippen LogP) is -0.499. The lowest BCUT2D eigenvalue weighted by molar-refractivity contribution is 0.190. The molecule has 1 aliphatic heterocycles. The van der Waals surface area contributed by atoms with Gasteiger partial charge in [-0.25, -0.2) is 0 Å². The van der Waals surface area contributed by atoms with Crippen LogP contribution in [0.1, 0.15) is 12.8 Å². The molecule has 0 aromatic carbocycles. The fourth-order valence-corrected chi connectivity index (χ4v) is 1.15. The number of oxime groups is 1. The maximum atomic E-state index is 8.24. The zero-order chi connectivity index (χ0) is 8.81. The summed E-state index contributed by atoms with van der Waals surface area (Å²) < 4.78 is 5.17. The number of ether oxygens (including phenoxy) is 1. The standard InChI is InChI=1S/C7H15N3O2/c8-7(10-11)1-3-9-6-2-4-12-5-6/h6,9,11H,1-5H2,(H2,8,10). The van der Waals surface area contributed by atoms with Crippen LogP contribution in [0.2, 0.25) is 0 Å². The van der Waals surface area contributed by atoms with Gasteiger partial charge in [-0.2, -0.15) is 0 Å². The van der Waals surface area contributed by atoms with Crippen molar-refractivity contribution < 1.29 is 9.94 Å². The van der Waals surface area contributed by atoms with Gasteiger partial charge in [-0.3, -0.25) is 0 Å². The van der Waals surface area contributed by atoms with Crippen LogP contribution in [-0.4, -0.2) is 36.8 Å². The molecule has 0 saturated carbocycles. The van der Waals surface area contributed by atoms with E-state index in [2.05, 4.69) is 10.5 Å². The summed E-state index contributed by atoms with van der Waals surface area (Å²) in [4.78, 5) is 0. The number of nitrogens with two attached hydrogens (primary N) is 1. The zero-order valence-corrected chi connectivity index (χ0v) is 6.99. The van der Waals surface area contributed by atoms with E-state index in [9.17, 15) is 0 Å². The molecule has 0 radical (unpaired) electrons. The third-order valence-corrected chi connectivity index (χ3v) is 1.87. The molecule has 0 aliphatic carbocycles. The molecular formula is C7H15N3O2. The smallest absolute Gasteiger partial charge is 0.140 e. The fraction of sp³-hybridized carbons (Fsp3) is 0.857. The third-order valence-electron chi connectivity index (χ3n) is 1.87. The van der Waals surface area contributed by atoms with Gasteiger partial charge in [0.1, 0.15) is 5.84 Å². The Morgan fingerprint density at radius 2 is 2.58 bits per heavy atom. The highest BCUT2D eigenvalue weighted by Crippen LogP contribution is 2.02. The quantitative estimate of drug-likeness (QED) is 0.232. The van der Waals surface area contributed by atoms with Crippen LogP contribution >= 0.6 is 0 Å². The first kappa shape index (κ1) is 9.28. The maximum absolute atomic E-state index is 8.24. The van der Waals surface area contributed by atoms with Crippen molar-refractivity contribution in [3.05, 3.63) is 0 Å². The molecule has 0 aromatic rings. The summed E-state index contributed by atoms with van der Waals surface area (Å²) in [5.41, 5.74) is 5.29. The first-order valence-corrected chi connectivity index (χ1v) is 4.10. The minimum Gasteiger partial charge on any atom is -0.409 e. The van der Waals surface area contributed by atoms with Crippen LogP contribution in [-0.2, 0) is 4.74 Å². The molecule has 1 saturated heterocycles. The second-order valence-corrected chi connectivity index (χ2v) is 2.86. The first-order chi connectivity index (χ1) is 5.83. The van der Waals surface area contributed by atoms with Gasteiger partial charge in [0, 0.05) is 25.6 Å². The summed E-state index contributed by atoms with van der Waals surface area (Å²) in [6.45, 7) is 2.35. The predicted molar refractivity (Wildman–Crippen MR) is 45.3 cm³/mol. The number of nitrogens with zero attached hydrogens (tertiary/aromatic N) is 1. The van der Waals surface area contributed by atoms with E-state index in [4.69, 9.17) is 15.7 Å². The Hall–Kier alpha value is -0.810. The molecule has 1 rings (SSSR count). The summed E-state index contributed by atoms with van der Waals surface area (Å²) in [5.74, 6) is 0.265. The van der Waals surface area contributed by atoms with E-state index in [0.717, 1.165) is 26.2 Å². The average Bonchev–Trinajstić information content (AvgIpc) is 2.57. The first-order valence-electron chi connectivity index (χ1n) is 4.10. The summed E-state index contributed by atoms with van der Waals surface area (Å²) in [6.07, 6.45) is 1.63. The Kier molecular flexibility index (Phi) is 3.83. The molecular weight excluding hydrogens is 158 g/mol. The number of rotatable bonds is 4. The van der Waals surface area contributed by atoms with E-state index in [1.807, 2.05) is 0 Å². The minimum absolute atomic E-state index is 0.265. The lowest BCUT2D eigenvalue weighted by Crippen LogP contribution is -2.32. The van der Waals surface area contributed by atoms with Crippen LogP contribution in [0.15, 0.2) is 5.16 Å². The van der Waals surface area contributed by atoms with E-state index in [0.29, 0.717) is 12.5 Å².